The SMILES string of the molecule is CCc1cc(-c2nc(-c3ccc(O)cc3OC)no2)cc(C)n1. The first kappa shape index (κ1) is 15.0. The first-order valence-corrected chi connectivity index (χ1v) is 7.29. The van der Waals surface area contributed by atoms with E-state index in [2.05, 4.69) is 15.1 Å². The number of hydrogen-bond donors (Lipinski definition) is 1. The summed E-state index contributed by atoms with van der Waals surface area (Å²) in [7, 11) is 1.53. The van der Waals surface area contributed by atoms with E-state index >= 15 is 0 Å². The molecule has 0 fully saturated rings. The lowest BCUT2D eigenvalue weighted by atomic mass is 10.1. The molecule has 3 aromatic rings. The predicted octanol–water partition coefficient (Wildman–Crippen LogP) is 3.38. The lowest BCUT2D eigenvalue weighted by Gasteiger charge is -2.04. The minimum absolute atomic E-state index is 0.117. The average Bonchev–Trinajstić information content (AvgIpc) is 3.03. The molecule has 6 heteroatoms. The second-order valence-corrected chi connectivity index (χ2v) is 5.15. The van der Waals surface area contributed by atoms with Gasteiger partial charge in [0.2, 0.25) is 5.82 Å². The number of pyridine rings is 1. The van der Waals surface area contributed by atoms with Gasteiger partial charge in [-0.3, -0.25) is 4.98 Å². The standard InChI is InChI=1S/C17H17N3O3/c1-4-12-8-11(7-10(2)18-12)17-19-16(20-23-17)14-6-5-13(21)9-15(14)22-3/h5-9,21H,4H2,1-3H3. The monoisotopic (exact) mass is 311 g/mol. The number of aromatic hydroxyl groups is 1. The van der Waals surface area contributed by atoms with E-state index in [0.717, 1.165) is 23.4 Å². The Hall–Kier alpha value is -2.89. The van der Waals surface area contributed by atoms with Gasteiger partial charge in [0.1, 0.15) is 11.5 Å². The van der Waals surface area contributed by atoms with Crippen molar-refractivity contribution in [1.29, 1.82) is 0 Å². The molecule has 3 rings (SSSR count). The number of methoxy groups -OCH3 is 1. The van der Waals surface area contributed by atoms with Gasteiger partial charge in [0.05, 0.1) is 12.7 Å². The fourth-order valence-electron chi connectivity index (χ4n) is 2.36. The van der Waals surface area contributed by atoms with E-state index in [1.165, 1.54) is 13.2 Å². The molecule has 0 radical (unpaired) electrons. The number of benzene rings is 1. The summed E-state index contributed by atoms with van der Waals surface area (Å²) in [5, 5.41) is 13.6. The molecular formula is C17H17N3O3. The van der Waals surface area contributed by atoms with Gasteiger partial charge in [-0.25, -0.2) is 0 Å². The van der Waals surface area contributed by atoms with Crippen molar-refractivity contribution in [3.05, 3.63) is 41.7 Å². The van der Waals surface area contributed by atoms with Crippen LogP contribution in [0.4, 0.5) is 0 Å². The summed E-state index contributed by atoms with van der Waals surface area (Å²) >= 11 is 0. The number of aryl methyl sites for hydroxylation is 2. The highest BCUT2D eigenvalue weighted by Crippen LogP contribution is 2.32. The van der Waals surface area contributed by atoms with Crippen molar-refractivity contribution in [2.45, 2.75) is 20.3 Å². The summed E-state index contributed by atoms with van der Waals surface area (Å²) in [4.78, 5) is 8.88. The third-order valence-corrected chi connectivity index (χ3v) is 3.47. The van der Waals surface area contributed by atoms with E-state index in [1.54, 1.807) is 12.1 Å². The highest BCUT2D eigenvalue weighted by molar-refractivity contribution is 5.67. The van der Waals surface area contributed by atoms with Crippen molar-refractivity contribution in [2.24, 2.45) is 0 Å². The second kappa shape index (κ2) is 6.08. The van der Waals surface area contributed by atoms with Gasteiger partial charge >= 0.3 is 0 Å². The number of phenols is 1. The topological polar surface area (TPSA) is 81.3 Å². The lowest BCUT2D eigenvalue weighted by molar-refractivity contribution is 0.407. The quantitative estimate of drug-likeness (QED) is 0.795. The van der Waals surface area contributed by atoms with Crippen LogP contribution in [-0.2, 0) is 6.42 Å². The van der Waals surface area contributed by atoms with Crippen LogP contribution in [0.15, 0.2) is 34.9 Å². The van der Waals surface area contributed by atoms with Crippen molar-refractivity contribution < 1.29 is 14.4 Å². The van der Waals surface area contributed by atoms with Crippen molar-refractivity contribution in [3.63, 3.8) is 0 Å². The molecule has 2 aromatic heterocycles. The minimum atomic E-state index is 0.117. The van der Waals surface area contributed by atoms with Gasteiger partial charge in [0.25, 0.3) is 5.89 Å². The molecule has 0 aliphatic heterocycles. The van der Waals surface area contributed by atoms with Crippen molar-refractivity contribution in [3.8, 4) is 34.3 Å². The summed E-state index contributed by atoms with van der Waals surface area (Å²) < 4.78 is 10.6. The average molecular weight is 311 g/mol. The van der Waals surface area contributed by atoms with Crippen LogP contribution in [-0.4, -0.2) is 27.3 Å². The van der Waals surface area contributed by atoms with Crippen LogP contribution >= 0.6 is 0 Å². The predicted molar refractivity (Wildman–Crippen MR) is 85.3 cm³/mol. The maximum absolute atomic E-state index is 9.54. The van der Waals surface area contributed by atoms with Crippen molar-refractivity contribution in [1.82, 2.24) is 15.1 Å². The van der Waals surface area contributed by atoms with Crippen molar-refractivity contribution in [2.75, 3.05) is 7.11 Å². The molecule has 0 unspecified atom stereocenters. The molecule has 0 aliphatic carbocycles. The number of ether oxygens (including phenoxy) is 1. The number of rotatable bonds is 4. The third kappa shape index (κ3) is 3.01. The molecule has 1 aromatic carbocycles. The Morgan fingerprint density at radius 3 is 2.74 bits per heavy atom. The third-order valence-electron chi connectivity index (χ3n) is 3.47. The van der Waals surface area contributed by atoms with Crippen LogP contribution in [0, 0.1) is 6.92 Å². The van der Waals surface area contributed by atoms with Crippen LogP contribution in [0.2, 0.25) is 0 Å². The molecule has 118 valence electrons. The summed E-state index contributed by atoms with van der Waals surface area (Å²) in [5.74, 6) is 1.43. The molecule has 0 saturated heterocycles. The Kier molecular flexibility index (Phi) is 3.97. The van der Waals surface area contributed by atoms with E-state index in [0.29, 0.717) is 23.0 Å². The minimum Gasteiger partial charge on any atom is -0.508 e. The summed E-state index contributed by atoms with van der Waals surface area (Å²) in [5.41, 5.74) is 3.37. The molecule has 0 amide bonds. The van der Waals surface area contributed by atoms with Gasteiger partial charge in [-0.1, -0.05) is 12.1 Å². The van der Waals surface area contributed by atoms with Gasteiger partial charge in [0, 0.05) is 23.0 Å². The highest BCUT2D eigenvalue weighted by atomic mass is 16.5. The van der Waals surface area contributed by atoms with Crippen LogP contribution in [0.3, 0.4) is 0 Å². The van der Waals surface area contributed by atoms with Crippen molar-refractivity contribution >= 4 is 0 Å². The normalized spacial score (nSPS) is 10.7. The Morgan fingerprint density at radius 1 is 1.17 bits per heavy atom. The largest absolute Gasteiger partial charge is 0.508 e. The first-order valence-electron chi connectivity index (χ1n) is 7.29. The van der Waals surface area contributed by atoms with E-state index in [1.807, 2.05) is 26.0 Å². The van der Waals surface area contributed by atoms with Crippen LogP contribution in [0.5, 0.6) is 11.5 Å². The van der Waals surface area contributed by atoms with Gasteiger partial charge in [-0.2, -0.15) is 4.98 Å². The molecule has 0 spiro atoms. The Bertz CT molecular complexity index is 843. The van der Waals surface area contributed by atoms with Gasteiger partial charge in [-0.05, 0) is 37.6 Å². The molecule has 1 N–H and O–H groups in total. The summed E-state index contributed by atoms with van der Waals surface area (Å²) in [6.07, 6.45) is 0.835. The first-order chi connectivity index (χ1) is 11.1. The maximum Gasteiger partial charge on any atom is 0.258 e. The lowest BCUT2D eigenvalue weighted by Crippen LogP contribution is -1.92. The zero-order valence-corrected chi connectivity index (χ0v) is 13.2. The van der Waals surface area contributed by atoms with Gasteiger partial charge < -0.3 is 14.4 Å². The van der Waals surface area contributed by atoms with Crippen LogP contribution in [0.1, 0.15) is 18.3 Å². The number of aromatic nitrogens is 3. The molecule has 0 saturated carbocycles. The number of nitrogens with zero attached hydrogens (tertiary/aromatic N) is 3. The fourth-order valence-corrected chi connectivity index (χ4v) is 2.36. The van der Waals surface area contributed by atoms with E-state index < -0.39 is 0 Å². The molecular weight excluding hydrogens is 294 g/mol. The summed E-state index contributed by atoms with van der Waals surface area (Å²) in [6.45, 7) is 3.98. The van der Waals surface area contributed by atoms with E-state index in [9.17, 15) is 5.11 Å². The Balaban J connectivity index is 2.03. The fraction of sp³-hybridized carbons (Fsp3) is 0.235. The maximum atomic E-state index is 9.54. The summed E-state index contributed by atoms with van der Waals surface area (Å²) in [6, 6.07) is 8.61. The Morgan fingerprint density at radius 2 is 2.00 bits per heavy atom. The number of phenolic OH excluding ortho intramolecular Hbond substituents is 1. The second-order valence-electron chi connectivity index (χ2n) is 5.15. The van der Waals surface area contributed by atoms with Gasteiger partial charge in [-0.15, -0.1) is 0 Å². The molecule has 6 nitrogen and oxygen atoms in total. The zero-order valence-electron chi connectivity index (χ0n) is 13.2. The van der Waals surface area contributed by atoms with E-state index in [4.69, 9.17) is 9.26 Å². The van der Waals surface area contributed by atoms with Gasteiger partial charge in [0.15, 0.2) is 0 Å². The molecule has 23 heavy (non-hydrogen) atoms. The molecule has 0 bridgehead atoms. The molecule has 0 aliphatic rings. The van der Waals surface area contributed by atoms with Crippen LogP contribution < -0.4 is 4.74 Å². The zero-order chi connectivity index (χ0) is 16.4. The molecule has 0 atom stereocenters. The van der Waals surface area contributed by atoms with E-state index in [-0.39, 0.29) is 5.75 Å². The smallest absolute Gasteiger partial charge is 0.258 e. The highest BCUT2D eigenvalue weighted by Gasteiger charge is 2.15. The molecule has 2 heterocycles. The Labute approximate surface area is 133 Å². The number of hydrogen-bond acceptors (Lipinski definition) is 6. The van der Waals surface area contributed by atoms with Crippen LogP contribution in [0.25, 0.3) is 22.8 Å².